The molecule has 0 aromatic heterocycles. The van der Waals surface area contributed by atoms with Gasteiger partial charge in [-0.1, -0.05) is 12.8 Å². The largest absolute Gasteiger partial charge is 0.408 e. The Morgan fingerprint density at radius 1 is 0.667 bits per heavy atom. The summed E-state index contributed by atoms with van der Waals surface area (Å²) < 4.78 is 64.3. The molecule has 8 nitrogen and oxygen atoms in total. The Morgan fingerprint density at radius 2 is 1.00 bits per heavy atom. The molecule has 24 heavy (non-hydrogen) atoms. The Bertz CT molecular complexity index is 471. The van der Waals surface area contributed by atoms with Crippen molar-refractivity contribution in [3.05, 3.63) is 0 Å². The third kappa shape index (κ3) is 30.9. The molecule has 0 aliphatic carbocycles. The lowest BCUT2D eigenvalue weighted by Gasteiger charge is -1.98. The van der Waals surface area contributed by atoms with Gasteiger partial charge in [0, 0.05) is 47.4 Å². The van der Waals surface area contributed by atoms with Crippen LogP contribution in [0.25, 0.3) is 0 Å². The molecule has 0 radical (unpaired) electrons. The third-order valence-electron chi connectivity index (χ3n) is 1.99. The van der Waals surface area contributed by atoms with Crippen molar-refractivity contribution < 1.29 is 33.2 Å². The maximum atomic E-state index is 10.1. The fourth-order valence-electron chi connectivity index (χ4n) is 1.05. The van der Waals surface area contributed by atoms with Crippen LogP contribution in [0.2, 0.25) is 0 Å². The van der Waals surface area contributed by atoms with Crippen LogP contribution in [0, 0.1) is 0 Å². The normalized spacial score (nSPS) is 11.8. The summed E-state index contributed by atoms with van der Waals surface area (Å²) in [6, 6.07) is 0. The second kappa shape index (κ2) is 17.4. The molecule has 0 fully saturated rings. The van der Waals surface area contributed by atoms with Crippen molar-refractivity contribution in [3.8, 4) is 0 Å². The average Bonchev–Trinajstić information content (AvgIpc) is 2.44. The van der Waals surface area contributed by atoms with E-state index in [1.807, 2.05) is 0 Å². The molecule has 0 aliphatic rings. The Kier molecular flexibility index (Phi) is 19.8. The van der Waals surface area contributed by atoms with Crippen molar-refractivity contribution in [1.82, 2.24) is 0 Å². The monoisotopic (exact) mass is 468 g/mol. The van der Waals surface area contributed by atoms with Crippen molar-refractivity contribution in [1.29, 1.82) is 0 Å². The van der Waals surface area contributed by atoms with Gasteiger partial charge >= 0.3 is 20.8 Å². The molecule has 2 N–H and O–H groups in total. The molecule has 0 rings (SSSR count). The zero-order chi connectivity index (χ0) is 18.9. The van der Waals surface area contributed by atoms with Crippen LogP contribution < -0.4 is 0 Å². The van der Waals surface area contributed by atoms with E-state index in [2.05, 4.69) is 7.26 Å². The molecule has 0 amide bonds. The van der Waals surface area contributed by atoms with Crippen LogP contribution in [0.4, 0.5) is 0 Å². The van der Waals surface area contributed by atoms with Gasteiger partial charge in [-0.05, 0) is 25.7 Å². The van der Waals surface area contributed by atoms with E-state index >= 15 is 0 Å². The molecule has 0 aliphatic heterocycles. The zero-order valence-electron chi connectivity index (χ0n) is 12.8. The number of rotatable bonds is 14. The van der Waals surface area contributed by atoms with Crippen LogP contribution in [0.5, 0.6) is 0 Å². The van der Waals surface area contributed by atoms with E-state index < -0.39 is 20.8 Å². The van der Waals surface area contributed by atoms with Gasteiger partial charge in [0.05, 0.1) is 0 Å². The van der Waals surface area contributed by atoms with Crippen LogP contribution in [0.1, 0.15) is 38.5 Å². The van der Waals surface area contributed by atoms with Crippen LogP contribution in [-0.2, 0) is 28.1 Å². The molecule has 14 heteroatoms. The highest BCUT2D eigenvalue weighted by molar-refractivity contribution is 8.03. The molecule has 0 spiro atoms. The summed E-state index contributed by atoms with van der Waals surface area (Å²) in [6.07, 6.45) is 5.44. The van der Waals surface area contributed by atoms with Gasteiger partial charge in [0.1, 0.15) is 0 Å². The van der Waals surface area contributed by atoms with Gasteiger partial charge in [-0.2, -0.15) is 24.1 Å². The van der Waals surface area contributed by atoms with Gasteiger partial charge < -0.3 is 0 Å². The lowest BCUT2D eigenvalue weighted by molar-refractivity contribution is 0.405. The first-order valence-electron chi connectivity index (χ1n) is 6.81. The molecule has 0 unspecified atom stereocenters. The smallest absolute Gasteiger partial charge is 0.263 e. The van der Waals surface area contributed by atoms with E-state index in [0.29, 0.717) is 35.3 Å². The number of alkyl halides is 2. The minimum Gasteiger partial charge on any atom is -0.263 e. The fourth-order valence-corrected chi connectivity index (χ4v) is 3.59. The number of unbranched alkanes of at least 4 members (excludes halogenated alkanes) is 4. The molecular weight excluding hydrogens is 447 g/mol. The summed E-state index contributed by atoms with van der Waals surface area (Å²) in [7, 11) is -8.56. The van der Waals surface area contributed by atoms with Crippen LogP contribution in [0.3, 0.4) is 0 Å². The quantitative estimate of drug-likeness (QED) is 0.168. The van der Waals surface area contributed by atoms with Gasteiger partial charge in [0.25, 0.3) is 0 Å². The summed E-state index contributed by atoms with van der Waals surface area (Å²) in [5.41, 5.74) is 0. The maximum Gasteiger partial charge on any atom is 0.408 e. The topological polar surface area (TPSA) is 127 Å². The SMILES string of the molecule is O=S(=O)(O)OSCCCCCCCl.O=S(=O)(O)OSCCCCCl. The molecule has 0 heterocycles. The summed E-state index contributed by atoms with van der Waals surface area (Å²) in [5, 5.41) is 0. The van der Waals surface area contributed by atoms with Crippen molar-refractivity contribution in [3.63, 3.8) is 0 Å². The van der Waals surface area contributed by atoms with Gasteiger partial charge in [-0.15, -0.1) is 23.2 Å². The lowest BCUT2D eigenvalue weighted by atomic mass is 10.2. The van der Waals surface area contributed by atoms with Crippen molar-refractivity contribution >= 4 is 68.1 Å². The average molecular weight is 469 g/mol. The summed E-state index contributed by atoms with van der Waals surface area (Å²) in [5.74, 6) is 2.27. The molecule has 0 saturated carbocycles. The van der Waals surface area contributed by atoms with Gasteiger partial charge in [-0.3, -0.25) is 9.11 Å². The molecule has 0 aromatic rings. The Hall–Kier alpha value is 1.02. The number of hydrogen-bond donors (Lipinski definition) is 2. The molecule has 0 saturated heterocycles. The standard InChI is InChI=1S/C6H13ClO4S2.C4H9ClO4S2/c7-5-3-1-2-4-6-12-11-13(8,9)10;5-3-1-2-4-10-9-11(6,7)8/h1-6H2,(H,8,9,10);1-4H2,(H,6,7,8). The van der Waals surface area contributed by atoms with Crippen molar-refractivity contribution in [2.45, 2.75) is 38.5 Å². The number of halogens is 2. The lowest BCUT2D eigenvalue weighted by Crippen LogP contribution is -1.97. The van der Waals surface area contributed by atoms with Crippen LogP contribution in [-0.4, -0.2) is 49.2 Å². The van der Waals surface area contributed by atoms with Crippen LogP contribution in [0.15, 0.2) is 0 Å². The minimum absolute atomic E-state index is 0.506. The van der Waals surface area contributed by atoms with E-state index in [1.165, 1.54) is 0 Å². The second-order valence-corrected chi connectivity index (χ2v) is 8.98. The molecular formula is C10H22Cl2O8S4. The summed E-state index contributed by atoms with van der Waals surface area (Å²) in [4.78, 5) is 0. The van der Waals surface area contributed by atoms with E-state index in [0.717, 1.165) is 50.6 Å². The van der Waals surface area contributed by atoms with Crippen LogP contribution >= 0.6 is 47.3 Å². The van der Waals surface area contributed by atoms with Gasteiger partial charge in [0.2, 0.25) is 0 Å². The van der Waals surface area contributed by atoms with E-state index in [4.69, 9.17) is 32.3 Å². The second-order valence-electron chi connectivity index (χ2n) is 4.13. The van der Waals surface area contributed by atoms with E-state index in [9.17, 15) is 16.8 Å². The molecule has 0 atom stereocenters. The van der Waals surface area contributed by atoms with E-state index in [-0.39, 0.29) is 0 Å². The molecule has 0 bridgehead atoms. The molecule has 148 valence electrons. The first-order chi connectivity index (χ1) is 11.1. The minimum atomic E-state index is -4.28. The summed E-state index contributed by atoms with van der Waals surface area (Å²) in [6.45, 7) is 0. The first kappa shape index (κ1) is 27.2. The van der Waals surface area contributed by atoms with Crippen molar-refractivity contribution in [2.75, 3.05) is 23.3 Å². The zero-order valence-corrected chi connectivity index (χ0v) is 17.6. The van der Waals surface area contributed by atoms with Gasteiger partial charge in [-0.25, -0.2) is 0 Å². The highest BCUT2D eigenvalue weighted by Gasteiger charge is 2.04. The fraction of sp³-hybridized carbons (Fsp3) is 1.00. The number of hydrogen-bond acceptors (Lipinski definition) is 8. The predicted octanol–water partition coefficient (Wildman–Crippen LogP) is 3.73. The summed E-state index contributed by atoms with van der Waals surface area (Å²) >= 11 is 12.3. The highest BCUT2D eigenvalue weighted by atomic mass is 35.5. The Morgan fingerprint density at radius 3 is 1.38 bits per heavy atom. The predicted molar refractivity (Wildman–Crippen MR) is 99.3 cm³/mol. The van der Waals surface area contributed by atoms with Crippen molar-refractivity contribution in [2.24, 2.45) is 0 Å². The molecule has 0 aromatic carbocycles. The highest BCUT2D eigenvalue weighted by Crippen LogP contribution is 2.11. The van der Waals surface area contributed by atoms with Gasteiger partial charge in [0.15, 0.2) is 0 Å². The third-order valence-corrected chi connectivity index (χ3v) is 5.58. The first-order valence-corrected chi connectivity index (χ1v) is 12.4. The maximum absolute atomic E-state index is 10.1. The Balaban J connectivity index is 0. The van der Waals surface area contributed by atoms with E-state index in [1.54, 1.807) is 0 Å². The Labute approximate surface area is 162 Å².